The van der Waals surface area contributed by atoms with Crippen LogP contribution in [-0.4, -0.2) is 42.2 Å². The average molecular weight is 251 g/mol. The Labute approximate surface area is 108 Å². The van der Waals surface area contributed by atoms with Crippen LogP contribution in [0.5, 0.6) is 5.75 Å². The molecular weight excluding hydrogens is 230 g/mol. The van der Waals surface area contributed by atoms with Gasteiger partial charge in [0.25, 0.3) is 5.91 Å². The van der Waals surface area contributed by atoms with Crippen molar-refractivity contribution in [3.8, 4) is 5.75 Å². The number of aliphatic hydroxyl groups is 1. The molecule has 0 heterocycles. The Hall–Kier alpha value is -1.55. The maximum absolute atomic E-state index is 12.2. The Morgan fingerprint density at radius 1 is 1.22 bits per heavy atom. The number of hydrogen-bond donors (Lipinski definition) is 1. The van der Waals surface area contributed by atoms with Crippen molar-refractivity contribution in [1.82, 2.24) is 4.90 Å². The first-order chi connectivity index (χ1) is 8.72. The van der Waals surface area contributed by atoms with Gasteiger partial charge in [-0.15, -0.1) is 0 Å². The highest BCUT2D eigenvalue weighted by Crippen LogP contribution is 2.13. The molecule has 0 aliphatic heterocycles. The SMILES string of the molecule is CCCN(CCO)C(=O)c1ccc(OCC)cc1. The molecule has 0 saturated carbocycles. The Morgan fingerprint density at radius 3 is 2.39 bits per heavy atom. The molecule has 0 radical (unpaired) electrons. The molecule has 0 unspecified atom stereocenters. The van der Waals surface area contributed by atoms with Crippen molar-refractivity contribution in [3.05, 3.63) is 29.8 Å². The van der Waals surface area contributed by atoms with Gasteiger partial charge in [0.15, 0.2) is 0 Å². The molecule has 0 atom stereocenters. The van der Waals surface area contributed by atoms with E-state index >= 15 is 0 Å². The van der Waals surface area contributed by atoms with Crippen molar-refractivity contribution < 1.29 is 14.6 Å². The minimum atomic E-state index is -0.0473. The Bertz CT molecular complexity index is 356. The van der Waals surface area contributed by atoms with E-state index in [-0.39, 0.29) is 12.5 Å². The molecule has 18 heavy (non-hydrogen) atoms. The van der Waals surface area contributed by atoms with Crippen molar-refractivity contribution in [2.75, 3.05) is 26.3 Å². The summed E-state index contributed by atoms with van der Waals surface area (Å²) in [6.07, 6.45) is 0.878. The number of amides is 1. The van der Waals surface area contributed by atoms with E-state index in [0.29, 0.717) is 25.3 Å². The van der Waals surface area contributed by atoms with Gasteiger partial charge in [0, 0.05) is 18.7 Å². The summed E-state index contributed by atoms with van der Waals surface area (Å²) in [6, 6.07) is 7.10. The van der Waals surface area contributed by atoms with Crippen LogP contribution in [0.1, 0.15) is 30.6 Å². The van der Waals surface area contributed by atoms with Crippen LogP contribution in [-0.2, 0) is 0 Å². The second-order valence-corrected chi connectivity index (χ2v) is 3.97. The first-order valence-corrected chi connectivity index (χ1v) is 6.35. The molecule has 0 aromatic heterocycles. The maximum atomic E-state index is 12.2. The summed E-state index contributed by atoms with van der Waals surface area (Å²) < 4.78 is 5.33. The van der Waals surface area contributed by atoms with Gasteiger partial charge in [-0.25, -0.2) is 0 Å². The Balaban J connectivity index is 2.74. The summed E-state index contributed by atoms with van der Waals surface area (Å²) in [7, 11) is 0. The van der Waals surface area contributed by atoms with E-state index in [1.165, 1.54) is 0 Å². The summed E-state index contributed by atoms with van der Waals surface area (Å²) in [5.74, 6) is 0.715. The Kier molecular flexibility index (Phi) is 6.22. The molecular formula is C14H21NO3. The first kappa shape index (κ1) is 14.5. The third kappa shape index (κ3) is 4.04. The lowest BCUT2D eigenvalue weighted by molar-refractivity contribution is 0.0722. The highest BCUT2D eigenvalue weighted by Gasteiger charge is 2.14. The number of carbonyl (C=O) groups is 1. The third-order valence-corrected chi connectivity index (χ3v) is 2.56. The molecule has 100 valence electrons. The summed E-state index contributed by atoms with van der Waals surface area (Å²) in [5.41, 5.74) is 0.625. The lowest BCUT2D eigenvalue weighted by Crippen LogP contribution is -2.34. The number of rotatable bonds is 7. The minimum absolute atomic E-state index is 0.0111. The quantitative estimate of drug-likeness (QED) is 0.805. The lowest BCUT2D eigenvalue weighted by Gasteiger charge is -2.21. The predicted molar refractivity (Wildman–Crippen MR) is 70.9 cm³/mol. The molecule has 4 nitrogen and oxygen atoms in total. The number of hydrogen-bond acceptors (Lipinski definition) is 3. The van der Waals surface area contributed by atoms with E-state index in [1.54, 1.807) is 29.2 Å². The summed E-state index contributed by atoms with van der Waals surface area (Å²) >= 11 is 0. The van der Waals surface area contributed by atoms with Gasteiger partial charge in [0.05, 0.1) is 13.2 Å². The third-order valence-electron chi connectivity index (χ3n) is 2.56. The van der Waals surface area contributed by atoms with Crippen LogP contribution < -0.4 is 4.74 Å². The molecule has 1 N–H and O–H groups in total. The van der Waals surface area contributed by atoms with Crippen LogP contribution in [0.25, 0.3) is 0 Å². The topological polar surface area (TPSA) is 49.8 Å². The molecule has 4 heteroatoms. The van der Waals surface area contributed by atoms with Crippen LogP contribution in [0.2, 0.25) is 0 Å². The number of carbonyl (C=O) groups excluding carboxylic acids is 1. The zero-order valence-corrected chi connectivity index (χ0v) is 11.1. The molecule has 1 amide bonds. The molecule has 1 rings (SSSR count). The van der Waals surface area contributed by atoms with Crippen molar-refractivity contribution >= 4 is 5.91 Å². The van der Waals surface area contributed by atoms with E-state index in [1.807, 2.05) is 13.8 Å². The number of nitrogens with zero attached hydrogens (tertiary/aromatic N) is 1. The normalized spacial score (nSPS) is 10.2. The van der Waals surface area contributed by atoms with E-state index in [9.17, 15) is 4.79 Å². The molecule has 0 aliphatic carbocycles. The van der Waals surface area contributed by atoms with Gasteiger partial charge in [0.2, 0.25) is 0 Å². The number of ether oxygens (including phenoxy) is 1. The van der Waals surface area contributed by atoms with E-state index in [0.717, 1.165) is 12.2 Å². The van der Waals surface area contributed by atoms with Gasteiger partial charge in [-0.2, -0.15) is 0 Å². The van der Waals surface area contributed by atoms with Gasteiger partial charge >= 0.3 is 0 Å². The first-order valence-electron chi connectivity index (χ1n) is 6.35. The fraction of sp³-hybridized carbons (Fsp3) is 0.500. The van der Waals surface area contributed by atoms with Gasteiger partial charge in [-0.1, -0.05) is 6.92 Å². The van der Waals surface area contributed by atoms with Crippen molar-refractivity contribution in [2.24, 2.45) is 0 Å². The second-order valence-electron chi connectivity index (χ2n) is 3.97. The van der Waals surface area contributed by atoms with Gasteiger partial charge in [0.1, 0.15) is 5.75 Å². The fourth-order valence-corrected chi connectivity index (χ4v) is 1.75. The maximum Gasteiger partial charge on any atom is 0.253 e. The second kappa shape index (κ2) is 7.71. The predicted octanol–water partition coefficient (Wildman–Crippen LogP) is 1.93. The molecule has 1 aromatic rings. The highest BCUT2D eigenvalue weighted by atomic mass is 16.5. The van der Waals surface area contributed by atoms with E-state index in [2.05, 4.69) is 0 Å². The van der Waals surface area contributed by atoms with Crippen LogP contribution in [0.15, 0.2) is 24.3 Å². The summed E-state index contributed by atoms with van der Waals surface area (Å²) in [4.78, 5) is 13.8. The minimum Gasteiger partial charge on any atom is -0.494 e. The lowest BCUT2D eigenvalue weighted by atomic mass is 10.2. The smallest absolute Gasteiger partial charge is 0.253 e. The van der Waals surface area contributed by atoms with Crippen LogP contribution in [0.3, 0.4) is 0 Å². The largest absolute Gasteiger partial charge is 0.494 e. The van der Waals surface area contributed by atoms with Gasteiger partial charge < -0.3 is 14.7 Å². The molecule has 1 aromatic carbocycles. The van der Waals surface area contributed by atoms with Crippen molar-refractivity contribution in [1.29, 1.82) is 0 Å². The molecule has 0 spiro atoms. The monoisotopic (exact) mass is 251 g/mol. The van der Waals surface area contributed by atoms with Crippen LogP contribution in [0.4, 0.5) is 0 Å². The standard InChI is InChI=1S/C14H21NO3/c1-3-9-15(10-11-16)14(17)12-5-7-13(8-6-12)18-4-2/h5-8,16H,3-4,9-11H2,1-2H3. The van der Waals surface area contributed by atoms with E-state index < -0.39 is 0 Å². The van der Waals surface area contributed by atoms with Crippen LogP contribution in [0, 0.1) is 0 Å². The van der Waals surface area contributed by atoms with Gasteiger partial charge in [-0.3, -0.25) is 4.79 Å². The zero-order valence-electron chi connectivity index (χ0n) is 11.1. The molecule has 0 saturated heterocycles. The number of aliphatic hydroxyl groups excluding tert-OH is 1. The van der Waals surface area contributed by atoms with Gasteiger partial charge in [-0.05, 0) is 37.6 Å². The van der Waals surface area contributed by atoms with Crippen molar-refractivity contribution in [2.45, 2.75) is 20.3 Å². The summed E-state index contributed by atoms with van der Waals surface area (Å²) in [5, 5.41) is 8.96. The summed E-state index contributed by atoms with van der Waals surface area (Å²) in [6.45, 7) is 5.56. The molecule has 0 fully saturated rings. The number of benzene rings is 1. The highest BCUT2D eigenvalue weighted by molar-refractivity contribution is 5.94. The molecule has 0 aliphatic rings. The molecule has 0 bridgehead atoms. The average Bonchev–Trinajstić information content (AvgIpc) is 2.39. The zero-order chi connectivity index (χ0) is 13.4. The fourth-order valence-electron chi connectivity index (χ4n) is 1.75. The van der Waals surface area contributed by atoms with E-state index in [4.69, 9.17) is 9.84 Å². The van der Waals surface area contributed by atoms with Crippen LogP contribution >= 0.6 is 0 Å². The van der Waals surface area contributed by atoms with Crippen molar-refractivity contribution in [3.63, 3.8) is 0 Å². The Morgan fingerprint density at radius 2 is 1.89 bits per heavy atom.